The van der Waals surface area contributed by atoms with Gasteiger partial charge in [0.15, 0.2) is 5.82 Å². The Morgan fingerprint density at radius 1 is 1.17 bits per heavy atom. The van der Waals surface area contributed by atoms with Crippen LogP contribution in [0.5, 0.6) is 5.75 Å². The van der Waals surface area contributed by atoms with Crippen molar-refractivity contribution in [2.24, 2.45) is 0 Å². The average molecular weight is 414 g/mol. The smallest absolute Gasteiger partial charge is 0.387 e. The van der Waals surface area contributed by atoms with E-state index in [1.807, 2.05) is 34.2 Å². The number of halogens is 2. The molecule has 0 aliphatic carbocycles. The molecule has 4 aromatic rings. The quantitative estimate of drug-likeness (QED) is 0.495. The number of amides is 1. The summed E-state index contributed by atoms with van der Waals surface area (Å²) in [7, 11) is 0. The number of aromatic nitrogens is 3. The van der Waals surface area contributed by atoms with E-state index in [9.17, 15) is 13.6 Å². The first-order valence-electron chi connectivity index (χ1n) is 8.74. The number of benzene rings is 2. The fraction of sp³-hybridized carbons (Fsp3) is 0.150. The highest BCUT2D eigenvalue weighted by molar-refractivity contribution is 7.07. The summed E-state index contributed by atoms with van der Waals surface area (Å²) in [6.45, 7) is -2.51. The molecule has 2 aromatic carbocycles. The summed E-state index contributed by atoms with van der Waals surface area (Å²) in [5.41, 5.74) is 4.85. The molecular formula is C20H16F2N4O2S. The van der Waals surface area contributed by atoms with E-state index in [4.69, 9.17) is 0 Å². The van der Waals surface area contributed by atoms with Crippen molar-refractivity contribution in [1.82, 2.24) is 19.9 Å². The van der Waals surface area contributed by atoms with Gasteiger partial charge < -0.3 is 14.6 Å². The van der Waals surface area contributed by atoms with Gasteiger partial charge in [0.05, 0.1) is 16.5 Å². The maximum Gasteiger partial charge on any atom is 0.387 e. The summed E-state index contributed by atoms with van der Waals surface area (Å²) in [5.74, 6) is 0.515. The zero-order valence-corrected chi connectivity index (χ0v) is 15.9. The molecule has 0 unspecified atom stereocenters. The molecule has 0 radical (unpaired) electrons. The molecule has 0 fully saturated rings. The van der Waals surface area contributed by atoms with Gasteiger partial charge in [-0.05, 0) is 29.8 Å². The number of carbonyl (C=O) groups is 1. The first-order chi connectivity index (χ1) is 14.1. The molecule has 6 nitrogen and oxygen atoms in total. The predicted molar refractivity (Wildman–Crippen MR) is 106 cm³/mol. The monoisotopic (exact) mass is 414 g/mol. The van der Waals surface area contributed by atoms with Gasteiger partial charge >= 0.3 is 6.61 Å². The number of para-hydroxylation sites is 2. The molecule has 9 heteroatoms. The maximum atomic E-state index is 12.6. The zero-order valence-electron chi connectivity index (χ0n) is 15.1. The van der Waals surface area contributed by atoms with Crippen LogP contribution in [0.25, 0.3) is 22.6 Å². The van der Waals surface area contributed by atoms with Gasteiger partial charge in [-0.3, -0.25) is 4.79 Å². The number of thiazole rings is 1. The minimum absolute atomic E-state index is 0.0767. The van der Waals surface area contributed by atoms with Crippen molar-refractivity contribution >= 4 is 28.3 Å². The number of nitrogens with one attached hydrogen (secondary N) is 1. The minimum Gasteiger partial charge on any atom is -0.435 e. The molecule has 2 aromatic heterocycles. The lowest BCUT2D eigenvalue weighted by Gasteiger charge is -2.10. The summed E-state index contributed by atoms with van der Waals surface area (Å²) < 4.78 is 30.6. The lowest BCUT2D eigenvalue weighted by molar-refractivity contribution is -0.121. The second kappa shape index (κ2) is 8.36. The van der Waals surface area contributed by atoms with Crippen LogP contribution in [-0.2, 0) is 17.9 Å². The summed E-state index contributed by atoms with van der Waals surface area (Å²) >= 11 is 1.46. The molecule has 0 saturated heterocycles. The number of carbonyl (C=O) groups excluding carboxylic acids is 1. The Kier molecular flexibility index (Phi) is 5.48. The van der Waals surface area contributed by atoms with Gasteiger partial charge in [0.2, 0.25) is 5.91 Å². The number of fused-ring (bicyclic) bond motifs is 1. The normalized spacial score (nSPS) is 11.1. The van der Waals surface area contributed by atoms with E-state index >= 15 is 0 Å². The molecule has 2 heterocycles. The number of nitrogens with zero attached hydrogens (tertiary/aromatic N) is 3. The van der Waals surface area contributed by atoms with Gasteiger partial charge in [-0.1, -0.05) is 24.3 Å². The Morgan fingerprint density at radius 2 is 1.97 bits per heavy atom. The van der Waals surface area contributed by atoms with Crippen LogP contribution >= 0.6 is 11.3 Å². The molecule has 0 spiro atoms. The van der Waals surface area contributed by atoms with E-state index in [0.29, 0.717) is 11.5 Å². The van der Waals surface area contributed by atoms with Gasteiger partial charge in [-0.15, -0.1) is 11.3 Å². The Hall–Kier alpha value is -3.33. The van der Waals surface area contributed by atoms with Gasteiger partial charge in [0, 0.05) is 11.9 Å². The van der Waals surface area contributed by atoms with Gasteiger partial charge in [-0.25, -0.2) is 9.97 Å². The highest BCUT2D eigenvalue weighted by atomic mass is 32.1. The van der Waals surface area contributed by atoms with E-state index < -0.39 is 6.61 Å². The Balaban J connectivity index is 1.47. The van der Waals surface area contributed by atoms with Gasteiger partial charge in [0.1, 0.15) is 18.0 Å². The van der Waals surface area contributed by atoms with Crippen LogP contribution < -0.4 is 10.1 Å². The van der Waals surface area contributed by atoms with Crippen LogP contribution in [0, 0.1) is 0 Å². The Labute approximate surface area is 168 Å². The standard InChI is InChI=1S/C20H16F2N4O2S/c21-20(22)28-14-7-5-13(6-8-14)9-23-18(27)10-26-17-4-2-1-3-15(17)25-19(26)16-11-29-12-24-16/h1-8,11-12,20H,9-10H2,(H,23,27). The second-order valence-electron chi connectivity index (χ2n) is 6.18. The van der Waals surface area contributed by atoms with Crippen molar-refractivity contribution in [1.29, 1.82) is 0 Å². The lowest BCUT2D eigenvalue weighted by atomic mass is 10.2. The van der Waals surface area contributed by atoms with Crippen molar-refractivity contribution in [2.45, 2.75) is 19.7 Å². The number of ether oxygens (including phenoxy) is 1. The van der Waals surface area contributed by atoms with Crippen LogP contribution in [0.3, 0.4) is 0 Å². The lowest BCUT2D eigenvalue weighted by Crippen LogP contribution is -2.27. The first-order valence-corrected chi connectivity index (χ1v) is 9.69. The highest BCUT2D eigenvalue weighted by Crippen LogP contribution is 2.24. The molecule has 0 saturated carbocycles. The third-order valence-corrected chi connectivity index (χ3v) is 4.84. The minimum atomic E-state index is -2.86. The van der Waals surface area contributed by atoms with E-state index in [2.05, 4.69) is 20.0 Å². The molecule has 4 rings (SSSR count). The Bertz CT molecular complexity index is 1110. The van der Waals surface area contributed by atoms with Crippen molar-refractivity contribution < 1.29 is 18.3 Å². The van der Waals surface area contributed by atoms with E-state index in [-0.39, 0.29) is 24.7 Å². The first kappa shape index (κ1) is 19.0. The molecule has 29 heavy (non-hydrogen) atoms. The number of imidazole rings is 1. The van der Waals surface area contributed by atoms with Gasteiger partial charge in [-0.2, -0.15) is 8.78 Å². The van der Waals surface area contributed by atoms with E-state index in [1.165, 1.54) is 23.5 Å². The van der Waals surface area contributed by atoms with Crippen LogP contribution in [0.2, 0.25) is 0 Å². The highest BCUT2D eigenvalue weighted by Gasteiger charge is 2.16. The second-order valence-corrected chi connectivity index (χ2v) is 6.90. The molecule has 148 valence electrons. The number of hydrogen-bond acceptors (Lipinski definition) is 5. The van der Waals surface area contributed by atoms with E-state index in [1.54, 1.807) is 17.6 Å². The van der Waals surface area contributed by atoms with Gasteiger partial charge in [0.25, 0.3) is 0 Å². The summed E-state index contributed by atoms with van der Waals surface area (Å²) in [6.07, 6.45) is 0. The third-order valence-electron chi connectivity index (χ3n) is 4.26. The summed E-state index contributed by atoms with van der Waals surface area (Å²) in [4.78, 5) is 21.5. The van der Waals surface area contributed by atoms with Crippen molar-refractivity contribution in [3.05, 3.63) is 65.0 Å². The van der Waals surface area contributed by atoms with Crippen molar-refractivity contribution in [3.63, 3.8) is 0 Å². The SMILES string of the molecule is O=C(Cn1c(-c2cscn2)nc2ccccc21)NCc1ccc(OC(F)F)cc1. The summed E-state index contributed by atoms with van der Waals surface area (Å²) in [5, 5.41) is 4.73. The number of alkyl halides is 2. The maximum absolute atomic E-state index is 12.6. The number of rotatable bonds is 7. The largest absolute Gasteiger partial charge is 0.435 e. The van der Waals surface area contributed by atoms with Crippen LogP contribution in [0.4, 0.5) is 8.78 Å². The predicted octanol–water partition coefficient (Wildman–Crippen LogP) is 4.08. The fourth-order valence-corrected chi connectivity index (χ4v) is 3.47. The number of hydrogen-bond donors (Lipinski definition) is 1. The molecule has 0 atom stereocenters. The average Bonchev–Trinajstić information content (AvgIpc) is 3.35. The van der Waals surface area contributed by atoms with Crippen LogP contribution in [-0.4, -0.2) is 27.1 Å². The van der Waals surface area contributed by atoms with Crippen LogP contribution in [0.1, 0.15) is 5.56 Å². The molecule has 0 aliphatic heterocycles. The molecule has 1 amide bonds. The molecule has 0 aliphatic rings. The molecule has 0 bridgehead atoms. The topological polar surface area (TPSA) is 69.0 Å². The Morgan fingerprint density at radius 3 is 2.69 bits per heavy atom. The van der Waals surface area contributed by atoms with Crippen molar-refractivity contribution in [3.8, 4) is 17.3 Å². The van der Waals surface area contributed by atoms with Crippen LogP contribution in [0.15, 0.2) is 59.4 Å². The summed E-state index contributed by atoms with van der Waals surface area (Å²) in [6, 6.07) is 13.7. The molecular weight excluding hydrogens is 398 g/mol. The molecule has 1 N–H and O–H groups in total. The third kappa shape index (κ3) is 4.40. The van der Waals surface area contributed by atoms with E-state index in [0.717, 1.165) is 16.6 Å². The zero-order chi connectivity index (χ0) is 20.2. The van der Waals surface area contributed by atoms with Crippen molar-refractivity contribution in [2.75, 3.05) is 0 Å². The fourth-order valence-electron chi connectivity index (χ4n) is 2.94.